The first-order chi connectivity index (χ1) is 41.4. The van der Waals surface area contributed by atoms with Crippen molar-refractivity contribution in [1.29, 1.82) is 0 Å². The normalized spacial score (nSPS) is 13.0. The van der Waals surface area contributed by atoms with Gasteiger partial charge in [-0.1, -0.05) is 184 Å². The van der Waals surface area contributed by atoms with Crippen molar-refractivity contribution in [3.63, 3.8) is 0 Å². The Morgan fingerprint density at radius 2 is 0.940 bits per heavy atom. The van der Waals surface area contributed by atoms with Gasteiger partial charge < -0.3 is 9.13 Å². The molecule has 0 spiro atoms. The highest BCUT2D eigenvalue weighted by molar-refractivity contribution is 7.26. The van der Waals surface area contributed by atoms with Crippen molar-refractivity contribution >= 4 is 125 Å². The predicted octanol–water partition coefficient (Wildman–Crippen LogP) is 20.7. The molecule has 1 aliphatic rings. The molecule has 0 unspecified atom stereocenters. The Morgan fingerprint density at radius 1 is 0.357 bits per heavy atom. The first-order valence-electron chi connectivity index (χ1n) is 28.8. The Bertz CT molecular complexity index is 5610. The Balaban J connectivity index is 0.899. The van der Waals surface area contributed by atoms with E-state index in [1.54, 1.807) is 0 Å². The molecule has 0 fully saturated rings. The lowest BCUT2D eigenvalue weighted by Crippen LogP contribution is -2.15. The van der Waals surface area contributed by atoms with E-state index in [0.717, 1.165) is 72.6 Å². The van der Waals surface area contributed by atoms with Crippen molar-refractivity contribution in [3.05, 3.63) is 278 Å². The standard InChI is InChI=1S/C77H50N6S/c1-77(2)63-28-14-9-23-53(63)54-37-33-47(43-64(54)77)48-34-38-57-55-24-11-16-30-67(55)82(70(57)44-48)51-36-41-65-62(45-51)75(83-68-31-17-12-27-61(68)73-69(83)42-40-60-59-26-13-18-32-72(59)84-74(60)73)79-76(78-65)80(49-19-5-3-6-20-49)52-35-39-58-56-25-10-15-29-66(56)81(71(58)46-52)50-21-7-4-8-22-50/h3-46H,1-2H3. The number of thiophene rings is 1. The zero-order valence-corrected chi connectivity index (χ0v) is 46.8. The molecule has 6 nitrogen and oxygen atoms in total. The Labute approximate surface area is 487 Å². The predicted molar refractivity (Wildman–Crippen MR) is 353 cm³/mol. The molecule has 18 rings (SSSR count). The van der Waals surface area contributed by atoms with E-state index in [2.05, 4.69) is 299 Å². The number of hydrogen-bond donors (Lipinski definition) is 0. The number of fused-ring (bicyclic) bond motifs is 17. The van der Waals surface area contributed by atoms with Crippen LogP contribution in [-0.2, 0) is 5.41 Å². The summed E-state index contributed by atoms with van der Waals surface area (Å²) in [6, 6.07) is 97.6. The second-order valence-electron chi connectivity index (χ2n) is 22.9. The summed E-state index contributed by atoms with van der Waals surface area (Å²) < 4.78 is 9.78. The lowest BCUT2D eigenvalue weighted by molar-refractivity contribution is 0.660. The van der Waals surface area contributed by atoms with Crippen LogP contribution in [0.15, 0.2) is 267 Å². The molecule has 5 heterocycles. The minimum Gasteiger partial charge on any atom is -0.309 e. The number of rotatable bonds is 7. The second kappa shape index (κ2) is 17.7. The van der Waals surface area contributed by atoms with Gasteiger partial charge in [0, 0.05) is 80.4 Å². The fourth-order valence-corrected chi connectivity index (χ4v) is 15.4. The van der Waals surface area contributed by atoms with Crippen LogP contribution in [0.5, 0.6) is 0 Å². The average molecular weight is 1090 g/mol. The highest BCUT2D eigenvalue weighted by Gasteiger charge is 2.35. The molecule has 394 valence electrons. The number of hydrogen-bond acceptors (Lipinski definition) is 4. The van der Waals surface area contributed by atoms with Gasteiger partial charge in [-0.3, -0.25) is 9.47 Å². The van der Waals surface area contributed by atoms with Gasteiger partial charge in [-0.15, -0.1) is 11.3 Å². The third kappa shape index (κ3) is 6.72. The van der Waals surface area contributed by atoms with Gasteiger partial charge in [0.15, 0.2) is 5.82 Å². The Kier molecular flexibility index (Phi) is 9.92. The van der Waals surface area contributed by atoms with E-state index in [-0.39, 0.29) is 5.41 Å². The summed E-state index contributed by atoms with van der Waals surface area (Å²) in [4.78, 5) is 13.9. The molecule has 84 heavy (non-hydrogen) atoms. The summed E-state index contributed by atoms with van der Waals surface area (Å²) in [5, 5.41) is 10.7. The van der Waals surface area contributed by atoms with E-state index in [0.29, 0.717) is 5.95 Å². The summed E-state index contributed by atoms with van der Waals surface area (Å²) >= 11 is 1.87. The Hall–Kier alpha value is -10.6. The van der Waals surface area contributed by atoms with Crippen LogP contribution >= 0.6 is 11.3 Å². The van der Waals surface area contributed by atoms with Gasteiger partial charge in [0.05, 0.1) is 44.3 Å². The lowest BCUT2D eigenvalue weighted by Gasteiger charge is -2.25. The van der Waals surface area contributed by atoms with Gasteiger partial charge in [-0.25, -0.2) is 4.98 Å². The summed E-state index contributed by atoms with van der Waals surface area (Å²) in [5.41, 5.74) is 19.2. The zero-order chi connectivity index (χ0) is 55.4. The van der Waals surface area contributed by atoms with Gasteiger partial charge in [0.25, 0.3) is 0 Å². The quantitative estimate of drug-likeness (QED) is 0.160. The number of anilines is 3. The molecular formula is C77H50N6S. The topological polar surface area (TPSA) is 43.8 Å². The molecule has 7 heteroatoms. The fourth-order valence-electron chi connectivity index (χ4n) is 14.2. The Morgan fingerprint density at radius 3 is 1.73 bits per heavy atom. The van der Waals surface area contributed by atoms with E-state index >= 15 is 0 Å². The van der Waals surface area contributed by atoms with Crippen LogP contribution in [0.1, 0.15) is 25.0 Å². The first kappa shape index (κ1) is 47.1. The largest absolute Gasteiger partial charge is 0.309 e. The van der Waals surface area contributed by atoms with Crippen molar-refractivity contribution in [2.45, 2.75) is 19.3 Å². The molecule has 0 N–H and O–H groups in total. The molecule has 0 atom stereocenters. The van der Waals surface area contributed by atoms with E-state index in [4.69, 9.17) is 9.97 Å². The monoisotopic (exact) mass is 1090 g/mol. The van der Waals surface area contributed by atoms with E-state index in [1.165, 1.54) is 85.9 Å². The van der Waals surface area contributed by atoms with Crippen LogP contribution in [0.4, 0.5) is 17.3 Å². The van der Waals surface area contributed by atoms with Gasteiger partial charge in [0.2, 0.25) is 5.95 Å². The van der Waals surface area contributed by atoms with Gasteiger partial charge in [-0.05, 0) is 130 Å². The van der Waals surface area contributed by atoms with Crippen LogP contribution < -0.4 is 4.90 Å². The molecule has 1 aliphatic carbocycles. The molecule has 0 bridgehead atoms. The number of nitrogens with zero attached hydrogens (tertiary/aromatic N) is 6. The molecule has 0 saturated heterocycles. The van der Waals surface area contributed by atoms with Gasteiger partial charge >= 0.3 is 0 Å². The molecule has 0 radical (unpaired) electrons. The number of aromatic nitrogens is 5. The molecule has 17 aromatic rings. The van der Waals surface area contributed by atoms with Crippen molar-refractivity contribution in [3.8, 4) is 39.4 Å². The highest BCUT2D eigenvalue weighted by atomic mass is 32.1. The summed E-state index contributed by atoms with van der Waals surface area (Å²) in [6.45, 7) is 4.72. The summed E-state index contributed by atoms with van der Waals surface area (Å²) in [5.74, 6) is 1.36. The van der Waals surface area contributed by atoms with Crippen molar-refractivity contribution in [1.82, 2.24) is 23.7 Å². The zero-order valence-electron chi connectivity index (χ0n) is 46.0. The second-order valence-corrected chi connectivity index (χ2v) is 24.0. The molecular weight excluding hydrogens is 1040 g/mol. The van der Waals surface area contributed by atoms with Gasteiger partial charge in [0.1, 0.15) is 0 Å². The van der Waals surface area contributed by atoms with E-state index in [1.807, 2.05) is 11.3 Å². The SMILES string of the molecule is CC1(C)c2ccccc2-c2ccc(-c3ccc4c5ccccc5n(-c5ccc6nc(N(c7ccccc7)c7ccc8c9ccccc9n(-c9ccccc9)c8c7)nc(-n7c8ccccc8c8c9sc%10ccccc%10c9ccc87)c6c5)c4c3)cc21. The van der Waals surface area contributed by atoms with Crippen LogP contribution in [0.3, 0.4) is 0 Å². The highest BCUT2D eigenvalue weighted by Crippen LogP contribution is 2.51. The lowest BCUT2D eigenvalue weighted by atomic mass is 9.81. The maximum Gasteiger partial charge on any atom is 0.237 e. The number of benzene rings is 12. The maximum atomic E-state index is 5.94. The molecule has 0 aliphatic heterocycles. The average Bonchev–Trinajstić information content (AvgIpc) is 2.52. The van der Waals surface area contributed by atoms with E-state index < -0.39 is 0 Å². The van der Waals surface area contributed by atoms with Gasteiger partial charge in [-0.2, -0.15) is 4.98 Å². The van der Waals surface area contributed by atoms with Crippen molar-refractivity contribution in [2.24, 2.45) is 0 Å². The summed E-state index contributed by atoms with van der Waals surface area (Å²) in [7, 11) is 0. The van der Waals surface area contributed by atoms with Crippen molar-refractivity contribution < 1.29 is 0 Å². The van der Waals surface area contributed by atoms with Crippen LogP contribution in [0.25, 0.3) is 136 Å². The van der Waals surface area contributed by atoms with Crippen molar-refractivity contribution in [2.75, 3.05) is 4.90 Å². The minimum atomic E-state index is -0.110. The molecule has 5 aromatic heterocycles. The van der Waals surface area contributed by atoms with Crippen LogP contribution in [-0.4, -0.2) is 23.7 Å². The maximum absolute atomic E-state index is 5.94. The smallest absolute Gasteiger partial charge is 0.237 e. The third-order valence-electron chi connectivity index (χ3n) is 18.0. The minimum absolute atomic E-state index is 0.110. The molecule has 12 aromatic carbocycles. The first-order valence-corrected chi connectivity index (χ1v) is 29.6. The summed E-state index contributed by atoms with van der Waals surface area (Å²) in [6.07, 6.45) is 0. The number of para-hydroxylation sites is 5. The fraction of sp³-hybridized carbons (Fsp3) is 0.0390. The molecule has 0 saturated carbocycles. The van der Waals surface area contributed by atoms with E-state index in [9.17, 15) is 0 Å². The molecule has 0 amide bonds. The van der Waals surface area contributed by atoms with Crippen LogP contribution in [0, 0.1) is 0 Å². The van der Waals surface area contributed by atoms with Crippen LogP contribution in [0.2, 0.25) is 0 Å². The third-order valence-corrected chi connectivity index (χ3v) is 19.2.